The van der Waals surface area contributed by atoms with Crippen LogP contribution in [-0.2, 0) is 27.3 Å². The summed E-state index contributed by atoms with van der Waals surface area (Å²) in [5, 5.41) is 22.6. The first-order chi connectivity index (χ1) is 18.1. The van der Waals surface area contributed by atoms with Gasteiger partial charge in [-0.25, -0.2) is 0 Å². The largest absolute Gasteiger partial charge is 0.480 e. The molecule has 2 amide bonds. The molecule has 38 heavy (non-hydrogen) atoms. The van der Waals surface area contributed by atoms with Crippen molar-refractivity contribution < 1.29 is 19.5 Å². The van der Waals surface area contributed by atoms with Crippen molar-refractivity contribution in [2.24, 2.45) is 17.6 Å². The number of rotatable bonds is 13. The number of benzene rings is 2. The minimum Gasteiger partial charge on any atom is -0.480 e. The molecule has 9 heteroatoms. The van der Waals surface area contributed by atoms with E-state index in [0.717, 1.165) is 24.0 Å². The van der Waals surface area contributed by atoms with E-state index >= 15 is 0 Å². The second-order valence-electron chi connectivity index (χ2n) is 10.4. The van der Waals surface area contributed by atoms with Gasteiger partial charge in [-0.3, -0.25) is 25.1 Å². The third kappa shape index (κ3) is 8.41. The lowest BCUT2D eigenvalue weighted by Crippen LogP contribution is -2.53. The summed E-state index contributed by atoms with van der Waals surface area (Å²) in [5.74, 6) is -0.824. The maximum Gasteiger partial charge on any atom is 0.317 e. The van der Waals surface area contributed by atoms with Crippen LogP contribution in [0.15, 0.2) is 54.6 Å². The number of carbonyl (C=O) groups is 3. The Hall–Kier alpha value is -3.72. The number of carboxylic acid groups (broad SMARTS) is 1. The van der Waals surface area contributed by atoms with Crippen LogP contribution in [0, 0.1) is 17.2 Å². The maximum atomic E-state index is 13.8. The summed E-state index contributed by atoms with van der Waals surface area (Å²) < 4.78 is 0. The molecule has 1 aliphatic heterocycles. The Balaban J connectivity index is 1.75. The third-order valence-electron chi connectivity index (χ3n) is 6.94. The van der Waals surface area contributed by atoms with Gasteiger partial charge in [-0.2, -0.15) is 0 Å². The molecule has 0 aliphatic carbocycles. The van der Waals surface area contributed by atoms with Crippen LogP contribution in [0.4, 0.5) is 0 Å². The highest BCUT2D eigenvalue weighted by molar-refractivity contribution is 5.95. The Bertz CT molecular complexity index is 1100. The van der Waals surface area contributed by atoms with Crippen molar-refractivity contribution >= 4 is 23.6 Å². The van der Waals surface area contributed by atoms with E-state index in [9.17, 15) is 19.5 Å². The van der Waals surface area contributed by atoms with Crippen LogP contribution in [0.1, 0.15) is 49.8 Å². The predicted molar refractivity (Wildman–Crippen MR) is 147 cm³/mol. The topological polar surface area (TPSA) is 149 Å². The Labute approximate surface area is 224 Å². The molecule has 3 atom stereocenters. The van der Waals surface area contributed by atoms with Crippen molar-refractivity contribution in [3.05, 3.63) is 71.3 Å². The van der Waals surface area contributed by atoms with Gasteiger partial charge in [0, 0.05) is 18.7 Å². The van der Waals surface area contributed by atoms with Crippen molar-refractivity contribution in [1.29, 1.82) is 5.41 Å². The van der Waals surface area contributed by atoms with Gasteiger partial charge in [-0.1, -0.05) is 74.9 Å². The number of likely N-dealkylation sites (tertiary alicyclic amines) is 1. The van der Waals surface area contributed by atoms with Crippen LogP contribution in [-0.4, -0.2) is 58.8 Å². The van der Waals surface area contributed by atoms with Crippen LogP contribution < -0.4 is 16.4 Å². The van der Waals surface area contributed by atoms with E-state index in [-0.39, 0.29) is 36.7 Å². The summed E-state index contributed by atoms with van der Waals surface area (Å²) in [6.07, 6.45) is 2.83. The molecule has 1 fully saturated rings. The number of nitrogens with one attached hydrogen (secondary N) is 3. The Morgan fingerprint density at radius 1 is 1.08 bits per heavy atom. The summed E-state index contributed by atoms with van der Waals surface area (Å²) in [6, 6.07) is 15.2. The van der Waals surface area contributed by atoms with E-state index in [1.54, 1.807) is 17.0 Å². The number of carboxylic acids is 1. The van der Waals surface area contributed by atoms with Crippen LogP contribution in [0.5, 0.6) is 0 Å². The molecule has 2 aromatic rings. The zero-order valence-electron chi connectivity index (χ0n) is 22.2. The van der Waals surface area contributed by atoms with Crippen molar-refractivity contribution in [3.63, 3.8) is 0 Å². The van der Waals surface area contributed by atoms with Gasteiger partial charge in [0.2, 0.25) is 11.8 Å². The van der Waals surface area contributed by atoms with Gasteiger partial charge in [0.25, 0.3) is 0 Å². The highest BCUT2D eigenvalue weighted by atomic mass is 16.4. The average Bonchev–Trinajstić information content (AvgIpc) is 3.33. The predicted octanol–water partition coefficient (Wildman–Crippen LogP) is 2.53. The van der Waals surface area contributed by atoms with Crippen molar-refractivity contribution in [2.75, 3.05) is 13.1 Å². The summed E-state index contributed by atoms with van der Waals surface area (Å²) in [4.78, 5) is 40.1. The lowest BCUT2D eigenvalue weighted by molar-refractivity contribution is -0.141. The second-order valence-corrected chi connectivity index (χ2v) is 10.4. The smallest absolute Gasteiger partial charge is 0.317 e. The molecule has 204 valence electrons. The highest BCUT2D eigenvalue weighted by Gasteiger charge is 2.41. The normalized spacial score (nSPS) is 17.8. The van der Waals surface area contributed by atoms with Crippen molar-refractivity contribution in [1.82, 2.24) is 15.5 Å². The van der Waals surface area contributed by atoms with Crippen molar-refractivity contribution in [3.8, 4) is 0 Å². The number of nitrogens with zero attached hydrogens (tertiary/aromatic N) is 1. The molecule has 3 rings (SSSR count). The van der Waals surface area contributed by atoms with Crippen LogP contribution in [0.25, 0.3) is 0 Å². The van der Waals surface area contributed by atoms with Crippen LogP contribution >= 0.6 is 0 Å². The standard InChI is InChI=1S/C29H39N5O4/c1-19(2)8-9-22-15-25(28(37)33-16-21-10-12-23(13-11-21)27(30)31)34(18-22)29(38)24(32-17-26(35)36)14-20-6-4-3-5-7-20/h3-7,10-13,19,22,24-25,32H,8-9,14-18H2,1-2H3,(H3,30,31)(H,33,37)(H,35,36)/t22?,24-,25+/m1/s1. The first-order valence-corrected chi connectivity index (χ1v) is 13.1. The lowest BCUT2D eigenvalue weighted by Gasteiger charge is -2.29. The number of amides is 2. The highest BCUT2D eigenvalue weighted by Crippen LogP contribution is 2.29. The van der Waals surface area contributed by atoms with E-state index in [1.165, 1.54) is 0 Å². The molecule has 1 heterocycles. The fourth-order valence-electron chi connectivity index (χ4n) is 4.81. The second kappa shape index (κ2) is 13.7. The molecule has 1 unspecified atom stereocenters. The monoisotopic (exact) mass is 521 g/mol. The number of nitrogens with two attached hydrogens (primary N) is 1. The summed E-state index contributed by atoms with van der Waals surface area (Å²) in [7, 11) is 0. The molecular weight excluding hydrogens is 482 g/mol. The SMILES string of the molecule is CC(C)CCC1C[C@@H](C(=O)NCc2ccc(C(=N)N)cc2)N(C(=O)[C@@H](Cc2ccccc2)NCC(=O)O)C1. The minimum atomic E-state index is -1.04. The summed E-state index contributed by atoms with van der Waals surface area (Å²) in [6.45, 7) is 4.73. The van der Waals surface area contributed by atoms with E-state index in [0.29, 0.717) is 30.9 Å². The zero-order chi connectivity index (χ0) is 27.7. The van der Waals surface area contributed by atoms with Gasteiger partial charge in [0.05, 0.1) is 12.6 Å². The first-order valence-electron chi connectivity index (χ1n) is 13.1. The average molecular weight is 522 g/mol. The molecule has 0 radical (unpaired) electrons. The maximum absolute atomic E-state index is 13.8. The molecule has 2 aromatic carbocycles. The van der Waals surface area contributed by atoms with E-state index in [1.807, 2.05) is 42.5 Å². The fraction of sp³-hybridized carbons (Fsp3) is 0.448. The molecule has 9 nitrogen and oxygen atoms in total. The number of aliphatic carboxylic acids is 1. The number of nitrogen functional groups attached to an aromatic ring is 1. The molecule has 0 bridgehead atoms. The fourth-order valence-corrected chi connectivity index (χ4v) is 4.81. The number of hydrogen-bond donors (Lipinski definition) is 5. The van der Waals surface area contributed by atoms with Gasteiger partial charge in [-0.15, -0.1) is 0 Å². The lowest BCUT2D eigenvalue weighted by atomic mass is 9.95. The Morgan fingerprint density at radius 3 is 2.37 bits per heavy atom. The number of hydrogen-bond acceptors (Lipinski definition) is 5. The number of carbonyl (C=O) groups excluding carboxylic acids is 2. The Morgan fingerprint density at radius 2 is 1.76 bits per heavy atom. The van der Waals surface area contributed by atoms with Crippen molar-refractivity contribution in [2.45, 2.75) is 58.2 Å². The molecule has 0 saturated carbocycles. The first kappa shape index (κ1) is 28.8. The van der Waals surface area contributed by atoms with Crippen LogP contribution in [0.2, 0.25) is 0 Å². The minimum absolute atomic E-state index is 0.0188. The molecule has 0 spiro atoms. The molecule has 1 saturated heterocycles. The van der Waals surface area contributed by atoms with Gasteiger partial charge in [-0.05, 0) is 42.2 Å². The molecule has 0 aromatic heterocycles. The number of amidine groups is 1. The summed E-state index contributed by atoms with van der Waals surface area (Å²) >= 11 is 0. The van der Waals surface area contributed by atoms with E-state index < -0.39 is 18.1 Å². The van der Waals surface area contributed by atoms with E-state index in [2.05, 4.69) is 24.5 Å². The van der Waals surface area contributed by atoms with Gasteiger partial charge >= 0.3 is 5.97 Å². The van der Waals surface area contributed by atoms with E-state index in [4.69, 9.17) is 11.1 Å². The summed E-state index contributed by atoms with van der Waals surface area (Å²) in [5.41, 5.74) is 7.90. The third-order valence-corrected chi connectivity index (χ3v) is 6.94. The van der Waals surface area contributed by atoms with Crippen LogP contribution in [0.3, 0.4) is 0 Å². The quantitative estimate of drug-likeness (QED) is 0.202. The molecule has 1 aliphatic rings. The Kier molecular flexibility index (Phi) is 10.4. The molecule has 6 N–H and O–H groups in total. The van der Waals surface area contributed by atoms with Gasteiger partial charge in [0.15, 0.2) is 0 Å². The van der Waals surface area contributed by atoms with Gasteiger partial charge in [0.1, 0.15) is 11.9 Å². The van der Waals surface area contributed by atoms with Gasteiger partial charge < -0.3 is 21.1 Å². The zero-order valence-corrected chi connectivity index (χ0v) is 22.2. The molecular formula is C29H39N5O4.